The van der Waals surface area contributed by atoms with Gasteiger partial charge in [0.1, 0.15) is 5.38 Å². The van der Waals surface area contributed by atoms with Crippen molar-refractivity contribution in [2.75, 3.05) is 26.7 Å². The molecule has 0 aromatic heterocycles. The van der Waals surface area contributed by atoms with Crippen molar-refractivity contribution >= 4 is 17.6 Å². The molecule has 1 heterocycles. The minimum Gasteiger partial charge on any atom is -0.480 e. The van der Waals surface area contributed by atoms with Gasteiger partial charge in [-0.3, -0.25) is 4.79 Å². The van der Waals surface area contributed by atoms with Crippen molar-refractivity contribution in [1.29, 1.82) is 0 Å². The number of likely N-dealkylation sites (tertiary alicyclic amines) is 1. The molecule has 1 aliphatic heterocycles. The molecular weight excluding hydrogens is 206 g/mol. The summed E-state index contributed by atoms with van der Waals surface area (Å²) in [6, 6.07) is 0. The zero-order valence-electron chi connectivity index (χ0n) is 8.28. The van der Waals surface area contributed by atoms with Gasteiger partial charge in [0.25, 0.3) is 0 Å². The van der Waals surface area contributed by atoms with Gasteiger partial charge in [0.2, 0.25) is 0 Å². The van der Waals surface area contributed by atoms with Crippen LogP contribution in [0.3, 0.4) is 0 Å². The fourth-order valence-corrected chi connectivity index (χ4v) is 1.83. The number of hydrogen-bond acceptors (Lipinski definition) is 3. The third-order valence-electron chi connectivity index (χ3n) is 2.55. The minimum atomic E-state index is -0.944. The van der Waals surface area contributed by atoms with Crippen molar-refractivity contribution in [3.05, 3.63) is 0 Å². The maximum Gasteiger partial charge on any atom is 0.322 e. The van der Waals surface area contributed by atoms with Gasteiger partial charge in [0, 0.05) is 26.7 Å². The molecule has 4 nitrogen and oxygen atoms in total. The molecule has 1 N–H and O–H groups in total. The molecule has 0 aromatic rings. The first kappa shape index (κ1) is 11.8. The highest BCUT2D eigenvalue weighted by molar-refractivity contribution is 6.29. The zero-order valence-corrected chi connectivity index (χ0v) is 9.04. The predicted octanol–water partition coefficient (Wildman–Crippen LogP) is 0.789. The monoisotopic (exact) mass is 221 g/mol. The third-order valence-corrected chi connectivity index (χ3v) is 2.88. The summed E-state index contributed by atoms with van der Waals surface area (Å²) in [5, 5.41) is 7.83. The fourth-order valence-electron chi connectivity index (χ4n) is 1.63. The van der Waals surface area contributed by atoms with Gasteiger partial charge in [-0.15, -0.1) is 11.6 Å². The van der Waals surface area contributed by atoms with Crippen LogP contribution in [0.15, 0.2) is 0 Å². The van der Waals surface area contributed by atoms with Crippen LogP contribution in [-0.4, -0.2) is 54.2 Å². The van der Waals surface area contributed by atoms with E-state index >= 15 is 0 Å². The SMILES string of the molecule is COC1CCN(CC(Cl)C(=O)O)CC1. The lowest BCUT2D eigenvalue weighted by Crippen LogP contribution is -2.41. The van der Waals surface area contributed by atoms with E-state index in [-0.39, 0.29) is 0 Å². The number of piperidine rings is 1. The Morgan fingerprint density at radius 1 is 1.64 bits per heavy atom. The molecule has 0 spiro atoms. The Labute approximate surface area is 88.8 Å². The quantitative estimate of drug-likeness (QED) is 0.714. The highest BCUT2D eigenvalue weighted by Crippen LogP contribution is 2.14. The van der Waals surface area contributed by atoms with Crippen LogP contribution in [0.1, 0.15) is 12.8 Å². The number of halogens is 1. The van der Waals surface area contributed by atoms with E-state index in [1.54, 1.807) is 7.11 Å². The minimum absolute atomic E-state index is 0.324. The number of methoxy groups -OCH3 is 1. The number of carbonyl (C=O) groups is 1. The van der Waals surface area contributed by atoms with Gasteiger partial charge >= 0.3 is 5.97 Å². The highest BCUT2D eigenvalue weighted by Gasteiger charge is 2.23. The van der Waals surface area contributed by atoms with Gasteiger partial charge in [-0.2, -0.15) is 0 Å². The van der Waals surface area contributed by atoms with Crippen LogP contribution in [-0.2, 0) is 9.53 Å². The molecular formula is C9H16ClNO3. The normalized spacial score (nSPS) is 22.1. The molecule has 0 aromatic carbocycles. The van der Waals surface area contributed by atoms with E-state index in [1.807, 2.05) is 0 Å². The molecule has 0 saturated carbocycles. The van der Waals surface area contributed by atoms with Crippen LogP contribution in [0.5, 0.6) is 0 Å². The third kappa shape index (κ3) is 3.44. The Kier molecular flexibility index (Phi) is 4.65. The number of nitrogens with zero attached hydrogens (tertiary/aromatic N) is 1. The maximum absolute atomic E-state index is 10.5. The average Bonchev–Trinajstić information content (AvgIpc) is 2.19. The zero-order chi connectivity index (χ0) is 10.6. The second-order valence-electron chi connectivity index (χ2n) is 3.54. The van der Waals surface area contributed by atoms with Crippen LogP contribution in [0.2, 0.25) is 0 Å². The van der Waals surface area contributed by atoms with Crippen molar-refractivity contribution in [3.8, 4) is 0 Å². The summed E-state index contributed by atoms with van der Waals surface area (Å²) >= 11 is 5.65. The van der Waals surface area contributed by atoms with Crippen LogP contribution in [0.25, 0.3) is 0 Å². The lowest BCUT2D eigenvalue weighted by Gasteiger charge is -2.31. The molecule has 1 atom stereocenters. The van der Waals surface area contributed by atoms with Crippen molar-refractivity contribution in [2.24, 2.45) is 0 Å². The molecule has 1 aliphatic rings. The van der Waals surface area contributed by atoms with Crippen LogP contribution < -0.4 is 0 Å². The first-order valence-corrected chi connectivity index (χ1v) is 5.19. The van der Waals surface area contributed by atoms with Crippen LogP contribution in [0.4, 0.5) is 0 Å². The van der Waals surface area contributed by atoms with Gasteiger partial charge in [-0.05, 0) is 12.8 Å². The van der Waals surface area contributed by atoms with Crippen LogP contribution in [0, 0.1) is 0 Å². The lowest BCUT2D eigenvalue weighted by molar-refractivity contribution is -0.137. The summed E-state index contributed by atoms with van der Waals surface area (Å²) in [7, 11) is 1.71. The molecule has 82 valence electrons. The summed E-state index contributed by atoms with van der Waals surface area (Å²) in [6.07, 6.45) is 2.24. The number of carboxylic acid groups (broad SMARTS) is 1. The Morgan fingerprint density at radius 3 is 2.64 bits per heavy atom. The molecule has 1 rings (SSSR count). The summed E-state index contributed by atoms with van der Waals surface area (Å²) < 4.78 is 5.22. The molecule has 14 heavy (non-hydrogen) atoms. The van der Waals surface area contributed by atoms with Gasteiger partial charge in [-0.1, -0.05) is 0 Å². The van der Waals surface area contributed by atoms with Crippen molar-refractivity contribution < 1.29 is 14.6 Å². The number of hydrogen-bond donors (Lipinski definition) is 1. The number of rotatable bonds is 4. The smallest absolute Gasteiger partial charge is 0.322 e. The standard InChI is InChI=1S/C9H16ClNO3/c1-14-7-2-4-11(5-3-7)6-8(10)9(12)13/h7-8H,2-6H2,1H3,(H,12,13). The van der Waals surface area contributed by atoms with Gasteiger partial charge in [-0.25, -0.2) is 0 Å². The summed E-state index contributed by atoms with van der Waals surface area (Å²) in [6.45, 7) is 2.16. The molecule has 0 amide bonds. The highest BCUT2D eigenvalue weighted by atomic mass is 35.5. The van der Waals surface area contributed by atoms with Gasteiger partial charge in [0.15, 0.2) is 0 Å². The van der Waals surface area contributed by atoms with E-state index in [9.17, 15) is 4.79 Å². The van der Waals surface area contributed by atoms with E-state index in [4.69, 9.17) is 21.4 Å². The van der Waals surface area contributed by atoms with Crippen molar-refractivity contribution in [3.63, 3.8) is 0 Å². The lowest BCUT2D eigenvalue weighted by atomic mass is 10.1. The molecule has 0 radical (unpaired) electrons. The number of aliphatic carboxylic acids is 1. The molecule has 1 fully saturated rings. The average molecular weight is 222 g/mol. The largest absolute Gasteiger partial charge is 0.480 e. The Bertz CT molecular complexity index is 192. The summed E-state index contributed by atoms with van der Waals surface area (Å²) in [5.41, 5.74) is 0. The predicted molar refractivity (Wildman–Crippen MR) is 53.7 cm³/mol. The first-order valence-electron chi connectivity index (χ1n) is 4.75. The summed E-state index contributed by atoms with van der Waals surface area (Å²) in [4.78, 5) is 12.6. The van der Waals surface area contributed by atoms with E-state index in [2.05, 4.69) is 4.90 Å². The number of ether oxygens (including phenoxy) is 1. The molecule has 5 heteroatoms. The second-order valence-corrected chi connectivity index (χ2v) is 4.07. The molecule has 0 bridgehead atoms. The molecule has 1 unspecified atom stereocenters. The first-order chi connectivity index (χ1) is 6.63. The number of carboxylic acids is 1. The topological polar surface area (TPSA) is 49.8 Å². The second kappa shape index (κ2) is 5.53. The maximum atomic E-state index is 10.5. The van der Waals surface area contributed by atoms with Gasteiger partial charge in [0.05, 0.1) is 6.10 Å². The van der Waals surface area contributed by atoms with Crippen LogP contribution >= 0.6 is 11.6 Å². The van der Waals surface area contributed by atoms with Crippen molar-refractivity contribution in [1.82, 2.24) is 4.90 Å². The Balaban J connectivity index is 2.25. The van der Waals surface area contributed by atoms with E-state index in [0.29, 0.717) is 12.6 Å². The summed E-state index contributed by atoms with van der Waals surface area (Å²) in [5.74, 6) is -0.944. The molecule has 0 aliphatic carbocycles. The van der Waals surface area contributed by atoms with E-state index in [1.165, 1.54) is 0 Å². The number of alkyl halides is 1. The van der Waals surface area contributed by atoms with E-state index < -0.39 is 11.3 Å². The molecule has 1 saturated heterocycles. The van der Waals surface area contributed by atoms with Gasteiger partial charge < -0.3 is 14.7 Å². The van der Waals surface area contributed by atoms with E-state index in [0.717, 1.165) is 25.9 Å². The fraction of sp³-hybridized carbons (Fsp3) is 0.889. The Hall–Kier alpha value is -0.320. The Morgan fingerprint density at radius 2 is 2.21 bits per heavy atom. The van der Waals surface area contributed by atoms with Crippen molar-refractivity contribution in [2.45, 2.75) is 24.3 Å².